The Hall–Kier alpha value is -3.05. The minimum absolute atomic E-state index is 0.111. The van der Waals surface area contributed by atoms with Crippen LogP contribution in [0.2, 0.25) is 0 Å². The quantitative estimate of drug-likeness (QED) is 0.616. The second-order valence-electron chi connectivity index (χ2n) is 11.0. The first-order valence-corrected chi connectivity index (χ1v) is 12.0. The van der Waals surface area contributed by atoms with E-state index in [2.05, 4.69) is 86.1 Å². The van der Waals surface area contributed by atoms with E-state index in [0.717, 1.165) is 54.0 Å². The van der Waals surface area contributed by atoms with Gasteiger partial charge in [0.05, 0.1) is 23.1 Å². The maximum atomic E-state index is 6.33. The molecule has 1 aliphatic carbocycles. The summed E-state index contributed by atoms with van der Waals surface area (Å²) < 4.78 is 12.6. The Bertz CT molecular complexity index is 1150. The number of morpholine rings is 1. The second-order valence-corrected chi connectivity index (χ2v) is 11.0. The highest BCUT2D eigenvalue weighted by molar-refractivity contribution is 5.91. The van der Waals surface area contributed by atoms with Crippen molar-refractivity contribution in [2.45, 2.75) is 57.8 Å². The maximum absolute atomic E-state index is 6.33. The van der Waals surface area contributed by atoms with Crippen molar-refractivity contribution in [1.82, 2.24) is 9.88 Å². The summed E-state index contributed by atoms with van der Waals surface area (Å²) in [6.45, 7) is 19.1. The minimum Gasteiger partial charge on any atom is -0.474 e. The fraction of sp³-hybridized carbons (Fsp3) is 0.414. The lowest BCUT2D eigenvalue weighted by molar-refractivity contribution is -0.173. The Morgan fingerprint density at radius 3 is 2.32 bits per heavy atom. The average molecular weight is 458 g/mol. The minimum atomic E-state index is -0.255. The van der Waals surface area contributed by atoms with E-state index in [9.17, 15) is 0 Å². The lowest BCUT2D eigenvalue weighted by Gasteiger charge is -2.49. The number of ether oxygens (including phenoxy) is 2. The van der Waals surface area contributed by atoms with Crippen LogP contribution in [0, 0.1) is 0 Å². The van der Waals surface area contributed by atoms with Crippen LogP contribution in [0.25, 0.3) is 5.57 Å². The van der Waals surface area contributed by atoms with Crippen molar-refractivity contribution in [3.05, 3.63) is 83.8 Å². The van der Waals surface area contributed by atoms with Crippen LogP contribution in [0.4, 0.5) is 5.69 Å². The van der Waals surface area contributed by atoms with E-state index in [0.29, 0.717) is 5.88 Å². The van der Waals surface area contributed by atoms with Gasteiger partial charge in [0.15, 0.2) is 0 Å². The second kappa shape index (κ2) is 8.02. The van der Waals surface area contributed by atoms with Gasteiger partial charge in [-0.25, -0.2) is 4.98 Å². The molecule has 2 aromatic rings. The molecule has 5 rings (SSSR count). The van der Waals surface area contributed by atoms with Gasteiger partial charge in [-0.15, -0.1) is 0 Å². The number of aromatic nitrogens is 1. The zero-order chi connectivity index (χ0) is 24.3. The molecule has 5 heteroatoms. The molecule has 0 saturated carbocycles. The van der Waals surface area contributed by atoms with Gasteiger partial charge in [-0.3, -0.25) is 0 Å². The molecular formula is C29H35N3O2. The van der Waals surface area contributed by atoms with Crippen LogP contribution in [-0.4, -0.2) is 47.3 Å². The molecule has 1 aromatic carbocycles. The van der Waals surface area contributed by atoms with Gasteiger partial charge >= 0.3 is 0 Å². The predicted octanol–water partition coefficient (Wildman–Crippen LogP) is 5.38. The molecule has 1 saturated heterocycles. The Labute approximate surface area is 203 Å². The molecule has 2 aliphatic heterocycles. The van der Waals surface area contributed by atoms with Crippen molar-refractivity contribution in [1.29, 1.82) is 0 Å². The molecule has 0 unspecified atom stereocenters. The van der Waals surface area contributed by atoms with Crippen LogP contribution in [-0.2, 0) is 17.6 Å². The van der Waals surface area contributed by atoms with Gasteiger partial charge in [-0.1, -0.05) is 37.4 Å². The molecule has 3 aliphatic rings. The number of rotatable bonds is 4. The molecule has 0 spiro atoms. The van der Waals surface area contributed by atoms with Crippen LogP contribution in [0.1, 0.15) is 44.4 Å². The number of nitrogens with zero attached hydrogens (tertiary/aromatic N) is 3. The first-order valence-electron chi connectivity index (χ1n) is 12.0. The van der Waals surface area contributed by atoms with Crippen LogP contribution in [0.3, 0.4) is 0 Å². The van der Waals surface area contributed by atoms with E-state index in [-0.39, 0.29) is 17.3 Å². The SMILES string of the molecule is C=C1C(C(=C)N2CC(C)(C)OC(C)(C)C2)=CN(C)c2cnc(OC3Cc4ccccc4C3)cc21. The summed E-state index contributed by atoms with van der Waals surface area (Å²) in [4.78, 5) is 9.05. The third kappa shape index (κ3) is 4.25. The first kappa shape index (κ1) is 22.7. The topological polar surface area (TPSA) is 37.8 Å². The summed E-state index contributed by atoms with van der Waals surface area (Å²) in [7, 11) is 2.04. The van der Waals surface area contributed by atoms with Crippen molar-refractivity contribution < 1.29 is 9.47 Å². The van der Waals surface area contributed by atoms with E-state index >= 15 is 0 Å². The number of hydrogen-bond donors (Lipinski definition) is 0. The van der Waals surface area contributed by atoms with Crippen molar-refractivity contribution in [2.24, 2.45) is 0 Å². The Kier molecular flexibility index (Phi) is 5.36. The van der Waals surface area contributed by atoms with Gasteiger partial charge in [0.2, 0.25) is 5.88 Å². The summed E-state index contributed by atoms with van der Waals surface area (Å²) in [6.07, 6.45) is 5.94. The monoisotopic (exact) mass is 457 g/mol. The van der Waals surface area contributed by atoms with E-state index < -0.39 is 0 Å². The summed E-state index contributed by atoms with van der Waals surface area (Å²) in [5.74, 6) is 0.645. The molecular weight excluding hydrogens is 422 g/mol. The van der Waals surface area contributed by atoms with Crippen LogP contribution < -0.4 is 9.64 Å². The Balaban J connectivity index is 1.37. The largest absolute Gasteiger partial charge is 0.474 e. The molecule has 0 N–H and O–H groups in total. The highest BCUT2D eigenvalue weighted by Crippen LogP contribution is 2.41. The van der Waals surface area contributed by atoms with E-state index in [1.807, 2.05) is 19.3 Å². The van der Waals surface area contributed by atoms with Gasteiger partial charge < -0.3 is 19.3 Å². The number of allylic oxidation sites excluding steroid dienone is 1. The molecule has 0 atom stereocenters. The highest BCUT2D eigenvalue weighted by atomic mass is 16.5. The number of benzene rings is 1. The van der Waals surface area contributed by atoms with Crippen LogP contribution in [0.5, 0.6) is 5.88 Å². The molecule has 178 valence electrons. The summed E-state index contributed by atoms with van der Waals surface area (Å²) in [5.41, 5.74) is 7.23. The van der Waals surface area contributed by atoms with E-state index in [4.69, 9.17) is 9.47 Å². The van der Waals surface area contributed by atoms with Crippen molar-refractivity contribution >= 4 is 11.3 Å². The zero-order valence-electron chi connectivity index (χ0n) is 21.0. The third-order valence-corrected chi connectivity index (χ3v) is 6.90. The molecule has 0 radical (unpaired) electrons. The van der Waals surface area contributed by atoms with Gasteiger partial charge in [0.1, 0.15) is 6.10 Å². The van der Waals surface area contributed by atoms with Crippen LogP contribution in [0.15, 0.2) is 67.2 Å². The fourth-order valence-corrected chi connectivity index (χ4v) is 5.67. The van der Waals surface area contributed by atoms with Gasteiger partial charge in [-0.05, 0) is 44.4 Å². The predicted molar refractivity (Wildman–Crippen MR) is 138 cm³/mol. The molecule has 1 fully saturated rings. The number of fused-ring (bicyclic) bond motifs is 2. The summed E-state index contributed by atoms with van der Waals surface area (Å²) >= 11 is 0. The third-order valence-electron chi connectivity index (χ3n) is 6.90. The fourth-order valence-electron chi connectivity index (χ4n) is 5.67. The van der Waals surface area contributed by atoms with Crippen molar-refractivity contribution in [3.8, 4) is 5.88 Å². The molecule has 1 aromatic heterocycles. The van der Waals surface area contributed by atoms with Crippen molar-refractivity contribution in [3.63, 3.8) is 0 Å². The zero-order valence-corrected chi connectivity index (χ0v) is 21.0. The Morgan fingerprint density at radius 1 is 1.09 bits per heavy atom. The highest BCUT2D eigenvalue weighted by Gasteiger charge is 2.39. The van der Waals surface area contributed by atoms with Crippen LogP contribution >= 0.6 is 0 Å². The molecule has 3 heterocycles. The molecule has 0 bridgehead atoms. The lowest BCUT2D eigenvalue weighted by Crippen LogP contribution is -2.56. The smallest absolute Gasteiger partial charge is 0.214 e. The number of anilines is 1. The van der Waals surface area contributed by atoms with Gasteiger partial charge in [0.25, 0.3) is 0 Å². The van der Waals surface area contributed by atoms with Gasteiger partial charge in [-0.2, -0.15) is 0 Å². The molecule has 34 heavy (non-hydrogen) atoms. The van der Waals surface area contributed by atoms with Crippen molar-refractivity contribution in [2.75, 3.05) is 25.0 Å². The maximum Gasteiger partial charge on any atom is 0.214 e. The van der Waals surface area contributed by atoms with Gasteiger partial charge in [0, 0.05) is 62.1 Å². The number of pyridine rings is 1. The normalized spacial score (nSPS) is 21.1. The average Bonchev–Trinajstić information content (AvgIpc) is 3.16. The summed E-state index contributed by atoms with van der Waals surface area (Å²) in [6, 6.07) is 10.6. The van der Waals surface area contributed by atoms with E-state index in [1.165, 1.54) is 11.1 Å². The number of hydrogen-bond acceptors (Lipinski definition) is 5. The molecule has 0 amide bonds. The Morgan fingerprint density at radius 2 is 1.71 bits per heavy atom. The standard InChI is InChI=1S/C29H35N3O2/c1-19-24-14-27(33-23-12-21-10-8-9-11-22(21)13-23)30-15-26(24)31(7)16-25(19)20(2)32-17-28(3,4)34-29(5,6)18-32/h8-11,14-16,23H,1-2,12-13,17-18H2,3-7H3. The summed E-state index contributed by atoms with van der Waals surface area (Å²) in [5, 5.41) is 0. The first-order chi connectivity index (χ1) is 16.0. The van der Waals surface area contributed by atoms with E-state index in [1.54, 1.807) is 0 Å². The molecule has 5 nitrogen and oxygen atoms in total. The lowest BCUT2D eigenvalue weighted by atomic mass is 9.91.